The van der Waals surface area contributed by atoms with Crippen LogP contribution in [0.2, 0.25) is 0 Å². The van der Waals surface area contributed by atoms with E-state index < -0.39 is 0 Å². The fourth-order valence-corrected chi connectivity index (χ4v) is 2.48. The Morgan fingerprint density at radius 3 is 2.08 bits per heavy atom. The fourth-order valence-electron chi connectivity index (χ4n) is 2.48. The molecule has 1 aliphatic rings. The van der Waals surface area contributed by atoms with Crippen molar-refractivity contribution < 1.29 is 55.8 Å². The van der Waals surface area contributed by atoms with E-state index in [1.165, 1.54) is 22.3 Å². The molecule has 3 aromatic rings. The molecule has 4 heteroatoms. The molecule has 0 bridgehead atoms. The van der Waals surface area contributed by atoms with E-state index in [2.05, 4.69) is 36.4 Å². The van der Waals surface area contributed by atoms with E-state index in [1.54, 1.807) is 7.11 Å². The molecule has 0 heterocycles. The zero-order valence-electron chi connectivity index (χ0n) is 15.3. The monoisotopic (exact) mass is 463 g/mol. The molecule has 138 valence electrons. The van der Waals surface area contributed by atoms with E-state index in [0.29, 0.717) is 0 Å². The first kappa shape index (κ1) is 27.3. The van der Waals surface area contributed by atoms with E-state index >= 15 is 0 Å². The first-order valence-electron chi connectivity index (χ1n) is 7.88. The predicted molar refractivity (Wildman–Crippen MR) is 97.8 cm³/mol. The molecule has 1 nitrogen and oxygen atoms in total. The molecule has 0 saturated carbocycles. The van der Waals surface area contributed by atoms with Crippen LogP contribution in [0.1, 0.15) is 25.0 Å². The van der Waals surface area contributed by atoms with Crippen molar-refractivity contribution in [3.05, 3.63) is 90.3 Å². The summed E-state index contributed by atoms with van der Waals surface area (Å²) in [5.74, 6) is 0.821. The van der Waals surface area contributed by atoms with Crippen LogP contribution in [-0.4, -0.2) is 7.11 Å². The molecule has 0 atom stereocenters. The Bertz CT molecular complexity index is 695. The van der Waals surface area contributed by atoms with Crippen molar-refractivity contribution in [2.75, 3.05) is 7.11 Å². The molecule has 4 rings (SSSR count). The van der Waals surface area contributed by atoms with E-state index in [4.69, 9.17) is 4.74 Å². The third kappa shape index (κ3) is 7.74. The van der Waals surface area contributed by atoms with E-state index in [-0.39, 0.29) is 51.0 Å². The number of hydrogen-bond acceptors (Lipinski definition) is 1. The number of rotatable bonds is 1. The number of halogens is 2. The van der Waals surface area contributed by atoms with Gasteiger partial charge in [-0.1, -0.05) is 35.4 Å². The minimum absolute atomic E-state index is 0. The molecule has 0 amide bonds. The Kier molecular flexibility index (Phi) is 15.9. The Labute approximate surface area is 189 Å². The van der Waals surface area contributed by atoms with Crippen LogP contribution in [0, 0.1) is 12.5 Å². The van der Waals surface area contributed by atoms with E-state index in [1.807, 2.05) is 56.7 Å². The molecular weight excluding hydrogens is 442 g/mol. The molecule has 26 heavy (non-hydrogen) atoms. The van der Waals surface area contributed by atoms with E-state index in [9.17, 15) is 0 Å². The molecule has 0 fully saturated rings. The summed E-state index contributed by atoms with van der Waals surface area (Å²) in [6, 6.07) is 25.9. The Hall–Kier alpha value is -0.947. The largest absolute Gasteiger partial charge is 2.00 e. The molecular formula is C22H23Cl2OZr-3. The number of fused-ring (bicyclic) bond motifs is 3. The van der Waals surface area contributed by atoms with Crippen molar-refractivity contribution in [1.82, 2.24) is 0 Å². The van der Waals surface area contributed by atoms with Crippen LogP contribution in [0.3, 0.4) is 0 Å². The van der Waals surface area contributed by atoms with Crippen LogP contribution >= 0.6 is 0 Å². The zero-order chi connectivity index (χ0) is 16.5. The molecule has 0 aromatic heterocycles. The van der Waals surface area contributed by atoms with Gasteiger partial charge < -0.3 is 36.0 Å². The van der Waals surface area contributed by atoms with Gasteiger partial charge in [0.25, 0.3) is 0 Å². The van der Waals surface area contributed by atoms with Gasteiger partial charge in [0, 0.05) is 5.75 Å². The van der Waals surface area contributed by atoms with Gasteiger partial charge in [0.05, 0.1) is 7.11 Å². The molecule has 3 aromatic carbocycles. The maximum absolute atomic E-state index is 5.18. The van der Waals surface area contributed by atoms with Crippen molar-refractivity contribution in [2.45, 2.75) is 20.3 Å². The standard InChI is InChI=1S/C14H11O.C5H5.C3H7.2ClH.Zr/c1-15-12-6-7-14-11(9-12)8-10-4-2-3-5-13(10)14;1-2-4-5-3-1;1-3-2;;;/h2-7H,8H2,1H3;1-5H;3H,1-2H3;2*1H;/q3*-1;;;+2/p-2. The maximum atomic E-state index is 5.18. The summed E-state index contributed by atoms with van der Waals surface area (Å²) < 4.78 is 5.18. The van der Waals surface area contributed by atoms with Gasteiger partial charge >= 0.3 is 26.2 Å². The molecule has 0 unspecified atom stereocenters. The van der Waals surface area contributed by atoms with Crippen molar-refractivity contribution >= 4 is 0 Å². The third-order valence-electron chi connectivity index (χ3n) is 3.45. The van der Waals surface area contributed by atoms with E-state index in [0.717, 1.165) is 12.2 Å². The Balaban J connectivity index is 0. The average Bonchev–Trinajstić information content (AvgIpc) is 3.26. The summed E-state index contributed by atoms with van der Waals surface area (Å²) in [5, 5.41) is 0. The Morgan fingerprint density at radius 2 is 1.54 bits per heavy atom. The topological polar surface area (TPSA) is 9.23 Å². The summed E-state index contributed by atoms with van der Waals surface area (Å²) in [5.41, 5.74) is 5.27. The van der Waals surface area contributed by atoms with Crippen LogP contribution in [0.4, 0.5) is 0 Å². The molecule has 0 saturated heterocycles. The third-order valence-corrected chi connectivity index (χ3v) is 3.45. The first-order valence-corrected chi connectivity index (χ1v) is 7.88. The van der Waals surface area contributed by atoms with Crippen molar-refractivity contribution in [2.24, 2.45) is 0 Å². The van der Waals surface area contributed by atoms with Crippen LogP contribution in [0.15, 0.2) is 66.7 Å². The normalized spacial score (nSPS) is 9.19. The van der Waals surface area contributed by atoms with Crippen LogP contribution in [0.5, 0.6) is 5.75 Å². The zero-order valence-corrected chi connectivity index (χ0v) is 19.3. The smallest absolute Gasteiger partial charge is 1.00 e. The van der Waals surface area contributed by atoms with Gasteiger partial charge in [0.2, 0.25) is 0 Å². The van der Waals surface area contributed by atoms with Gasteiger partial charge in [-0.25, -0.2) is 12.1 Å². The number of ether oxygens (including phenoxy) is 1. The van der Waals surface area contributed by atoms with Gasteiger partial charge in [0.1, 0.15) is 0 Å². The summed E-state index contributed by atoms with van der Waals surface area (Å²) >= 11 is 0. The van der Waals surface area contributed by atoms with Gasteiger partial charge in [0.15, 0.2) is 0 Å². The second kappa shape index (κ2) is 15.1. The van der Waals surface area contributed by atoms with Gasteiger partial charge in [-0.2, -0.15) is 38.1 Å². The number of methoxy groups -OCH3 is 1. The van der Waals surface area contributed by atoms with Gasteiger partial charge in [-0.15, -0.1) is 23.3 Å². The van der Waals surface area contributed by atoms with Gasteiger partial charge in [-0.3, -0.25) is 0 Å². The maximum Gasteiger partial charge on any atom is 2.00 e. The number of benzene rings is 2. The molecule has 1 aliphatic carbocycles. The second-order valence-corrected chi connectivity index (χ2v) is 5.29. The van der Waals surface area contributed by atoms with Gasteiger partial charge in [-0.05, 0) is 6.42 Å². The fraction of sp³-hybridized carbons (Fsp3) is 0.182. The van der Waals surface area contributed by atoms with Crippen LogP contribution in [-0.2, 0) is 32.6 Å². The second-order valence-electron chi connectivity index (χ2n) is 5.29. The summed E-state index contributed by atoms with van der Waals surface area (Å²) in [7, 11) is 1.68. The Morgan fingerprint density at radius 1 is 0.923 bits per heavy atom. The average molecular weight is 466 g/mol. The predicted octanol–water partition coefficient (Wildman–Crippen LogP) is -0.292. The van der Waals surface area contributed by atoms with Crippen LogP contribution < -0.4 is 29.6 Å². The van der Waals surface area contributed by atoms with Crippen molar-refractivity contribution in [1.29, 1.82) is 0 Å². The summed E-state index contributed by atoms with van der Waals surface area (Å²) in [6.07, 6.45) is 2.97. The van der Waals surface area contributed by atoms with Crippen molar-refractivity contribution in [3.8, 4) is 16.9 Å². The number of hydrogen-bond donors (Lipinski definition) is 0. The quantitative estimate of drug-likeness (QED) is 0.351. The van der Waals surface area contributed by atoms with Crippen molar-refractivity contribution in [3.63, 3.8) is 0 Å². The summed E-state index contributed by atoms with van der Waals surface area (Å²) in [4.78, 5) is 0. The SMILES string of the molecule is COc1[c-]c2c(cc1)-c1ccccc1C2.C[CH-]C.[Cl-].[Cl-].[Zr+2].c1cc[cH-]c1. The van der Waals surface area contributed by atoms with Crippen LogP contribution in [0.25, 0.3) is 11.1 Å². The molecule has 0 radical (unpaired) electrons. The summed E-state index contributed by atoms with van der Waals surface area (Å²) in [6.45, 7) is 4.00. The minimum Gasteiger partial charge on any atom is -1.00 e. The minimum atomic E-state index is 0. The molecule has 0 spiro atoms. The molecule has 0 aliphatic heterocycles. The first-order chi connectivity index (χ1) is 11.3. The molecule has 0 N–H and O–H groups in total.